The van der Waals surface area contributed by atoms with Crippen molar-refractivity contribution >= 4 is 34.1 Å². The topological polar surface area (TPSA) is 85.6 Å². The minimum Gasteiger partial charge on any atom is -0.496 e. The number of fused-ring (bicyclic) bond motifs is 1. The van der Waals surface area contributed by atoms with E-state index in [1.807, 2.05) is 49.4 Å². The molecule has 4 aromatic rings. The van der Waals surface area contributed by atoms with Crippen LogP contribution in [0, 0.1) is 6.92 Å². The van der Waals surface area contributed by atoms with Crippen LogP contribution in [0.1, 0.15) is 22.9 Å². The van der Waals surface area contributed by atoms with E-state index < -0.39 is 12.0 Å². The summed E-state index contributed by atoms with van der Waals surface area (Å²) in [6.07, 6.45) is 0.0991. The number of ether oxygens (including phenoxy) is 2. The molecule has 1 atom stereocenters. The molecule has 4 rings (SSSR count). The molecule has 0 spiro atoms. The molecule has 0 fully saturated rings. The minimum absolute atomic E-state index is 0.361. The van der Waals surface area contributed by atoms with Crippen molar-refractivity contribution in [2.24, 2.45) is 0 Å². The fourth-order valence-corrected chi connectivity index (χ4v) is 4.07. The summed E-state index contributed by atoms with van der Waals surface area (Å²) in [5.41, 5.74) is 3.63. The van der Waals surface area contributed by atoms with Crippen molar-refractivity contribution in [2.75, 3.05) is 19.5 Å². The Hall–Kier alpha value is -3.55. The summed E-state index contributed by atoms with van der Waals surface area (Å²) in [6.45, 7) is 2.43. The number of benzene rings is 2. The van der Waals surface area contributed by atoms with Gasteiger partial charge in [0.15, 0.2) is 6.10 Å². The monoisotopic (exact) mass is 465 g/mol. The molecule has 170 valence electrons. The Morgan fingerprint density at radius 1 is 1.15 bits per heavy atom. The number of aromatic nitrogens is 2. The van der Waals surface area contributed by atoms with E-state index >= 15 is 0 Å². The highest BCUT2D eigenvalue weighted by atomic mass is 35.5. The lowest BCUT2D eigenvalue weighted by Gasteiger charge is -2.14. The van der Waals surface area contributed by atoms with Crippen molar-refractivity contribution in [3.05, 3.63) is 82.6 Å². The number of aliphatic hydroxyl groups is 1. The van der Waals surface area contributed by atoms with Crippen LogP contribution in [0.15, 0.2) is 60.8 Å². The van der Waals surface area contributed by atoms with Gasteiger partial charge in [-0.25, -0.2) is 4.98 Å². The fraction of sp³-hybridized carbons (Fsp3) is 0.200. The number of pyridine rings is 1. The first-order valence-electron chi connectivity index (χ1n) is 10.3. The summed E-state index contributed by atoms with van der Waals surface area (Å²) in [5, 5.41) is 15.2. The Kier molecular flexibility index (Phi) is 6.53. The Morgan fingerprint density at radius 3 is 2.61 bits per heavy atom. The molecule has 2 heterocycles. The lowest BCUT2D eigenvalue weighted by atomic mass is 10.0. The zero-order chi connectivity index (χ0) is 23.5. The number of rotatable bonds is 7. The predicted octanol–water partition coefficient (Wildman–Crippen LogP) is 4.74. The molecule has 1 unspecified atom stereocenters. The molecule has 0 aliphatic carbocycles. The van der Waals surface area contributed by atoms with E-state index in [-0.39, 0.29) is 0 Å². The Morgan fingerprint density at radius 2 is 1.91 bits per heavy atom. The molecule has 0 saturated heterocycles. The van der Waals surface area contributed by atoms with E-state index in [1.165, 1.54) is 13.3 Å². The van der Waals surface area contributed by atoms with Gasteiger partial charge in [0.1, 0.15) is 5.75 Å². The quantitative estimate of drug-likeness (QED) is 0.412. The SMILES string of the molecule is COc1cc(NC(=O)C(O)c2c(C)n(Cc3ccc(Cl)cc3)c3cccc(OC)c23)ccn1. The highest BCUT2D eigenvalue weighted by Gasteiger charge is 2.28. The number of aliphatic hydroxyl groups excluding tert-OH is 1. The van der Waals surface area contributed by atoms with Gasteiger partial charge in [-0.2, -0.15) is 0 Å². The van der Waals surface area contributed by atoms with Crippen LogP contribution >= 0.6 is 11.6 Å². The van der Waals surface area contributed by atoms with E-state index in [9.17, 15) is 9.90 Å². The average molecular weight is 466 g/mol. The zero-order valence-corrected chi connectivity index (χ0v) is 19.3. The van der Waals surface area contributed by atoms with Crippen LogP contribution in [-0.4, -0.2) is 34.8 Å². The number of carbonyl (C=O) groups is 1. The fourth-order valence-electron chi connectivity index (χ4n) is 3.94. The first-order chi connectivity index (χ1) is 15.9. The first-order valence-corrected chi connectivity index (χ1v) is 10.7. The van der Waals surface area contributed by atoms with E-state index in [1.54, 1.807) is 19.2 Å². The third kappa shape index (κ3) is 4.51. The Labute approximate surface area is 196 Å². The van der Waals surface area contributed by atoms with Crippen LogP contribution in [0.4, 0.5) is 5.69 Å². The predicted molar refractivity (Wildman–Crippen MR) is 128 cm³/mol. The van der Waals surface area contributed by atoms with Crippen LogP contribution < -0.4 is 14.8 Å². The number of hydrogen-bond donors (Lipinski definition) is 2. The summed E-state index contributed by atoms with van der Waals surface area (Å²) < 4.78 is 12.7. The molecule has 0 radical (unpaired) electrons. The molecule has 0 aliphatic heterocycles. The van der Waals surface area contributed by atoms with Crippen LogP contribution in [0.3, 0.4) is 0 Å². The summed E-state index contributed by atoms with van der Waals surface area (Å²) in [7, 11) is 3.06. The van der Waals surface area contributed by atoms with Crippen LogP contribution in [0.5, 0.6) is 11.6 Å². The number of anilines is 1. The molecule has 2 N–H and O–H groups in total. The van der Waals surface area contributed by atoms with Gasteiger partial charge in [0.2, 0.25) is 5.88 Å². The second-order valence-corrected chi connectivity index (χ2v) is 7.98. The smallest absolute Gasteiger partial charge is 0.257 e. The number of halogens is 1. The van der Waals surface area contributed by atoms with Crippen molar-refractivity contribution in [1.29, 1.82) is 0 Å². The van der Waals surface area contributed by atoms with E-state index in [0.29, 0.717) is 39.8 Å². The van der Waals surface area contributed by atoms with Gasteiger partial charge in [-0.15, -0.1) is 0 Å². The van der Waals surface area contributed by atoms with Crippen molar-refractivity contribution in [2.45, 2.75) is 19.6 Å². The molecule has 0 bridgehead atoms. The molecular weight excluding hydrogens is 442 g/mol. The average Bonchev–Trinajstić information content (AvgIpc) is 3.11. The maximum absolute atomic E-state index is 13.0. The second kappa shape index (κ2) is 9.52. The highest BCUT2D eigenvalue weighted by molar-refractivity contribution is 6.30. The first kappa shape index (κ1) is 22.6. The van der Waals surface area contributed by atoms with E-state index in [4.69, 9.17) is 21.1 Å². The van der Waals surface area contributed by atoms with Gasteiger partial charge in [-0.05, 0) is 42.8 Å². The van der Waals surface area contributed by atoms with Crippen molar-refractivity contribution in [1.82, 2.24) is 9.55 Å². The van der Waals surface area contributed by atoms with Gasteiger partial charge in [0.25, 0.3) is 5.91 Å². The number of hydrogen-bond acceptors (Lipinski definition) is 5. The third-order valence-electron chi connectivity index (χ3n) is 5.57. The van der Waals surface area contributed by atoms with Crippen LogP contribution in [-0.2, 0) is 11.3 Å². The summed E-state index contributed by atoms with van der Waals surface area (Å²) in [5.74, 6) is 0.375. The summed E-state index contributed by atoms with van der Waals surface area (Å²) in [6, 6.07) is 16.4. The maximum atomic E-state index is 13.0. The zero-order valence-electron chi connectivity index (χ0n) is 18.5. The van der Waals surface area contributed by atoms with E-state index in [0.717, 1.165) is 16.8 Å². The van der Waals surface area contributed by atoms with Gasteiger partial charge >= 0.3 is 0 Å². The van der Waals surface area contributed by atoms with Gasteiger partial charge in [-0.3, -0.25) is 4.79 Å². The number of methoxy groups -OCH3 is 2. The largest absolute Gasteiger partial charge is 0.496 e. The Balaban J connectivity index is 1.76. The standard InChI is InChI=1S/C25H24ClN3O4/c1-15-22(24(30)25(31)28-18-11-12-27-21(13-18)33-3)23-19(5-4-6-20(23)32-2)29(15)14-16-7-9-17(26)10-8-16/h4-13,24,30H,14H2,1-3H3,(H,27,28,31). The molecule has 33 heavy (non-hydrogen) atoms. The molecule has 8 heteroatoms. The van der Waals surface area contributed by atoms with Crippen LogP contribution in [0.2, 0.25) is 5.02 Å². The molecule has 2 aromatic carbocycles. The molecule has 0 aliphatic rings. The highest BCUT2D eigenvalue weighted by Crippen LogP contribution is 2.38. The van der Waals surface area contributed by atoms with Crippen molar-refractivity contribution in [3.8, 4) is 11.6 Å². The number of amides is 1. The van der Waals surface area contributed by atoms with Gasteiger partial charge < -0.3 is 24.5 Å². The van der Waals surface area contributed by atoms with Crippen molar-refractivity contribution in [3.63, 3.8) is 0 Å². The molecule has 1 amide bonds. The molecular formula is C25H24ClN3O4. The summed E-state index contributed by atoms with van der Waals surface area (Å²) >= 11 is 6.03. The van der Waals surface area contributed by atoms with E-state index in [2.05, 4.69) is 14.9 Å². The number of nitrogens with one attached hydrogen (secondary N) is 1. The lowest BCUT2D eigenvalue weighted by molar-refractivity contribution is -0.124. The Bertz CT molecular complexity index is 1300. The minimum atomic E-state index is -1.42. The molecule has 7 nitrogen and oxygen atoms in total. The normalized spacial score (nSPS) is 11.9. The molecule has 2 aromatic heterocycles. The van der Waals surface area contributed by atoms with Crippen LogP contribution in [0.25, 0.3) is 10.9 Å². The maximum Gasteiger partial charge on any atom is 0.257 e. The second-order valence-electron chi connectivity index (χ2n) is 7.54. The van der Waals surface area contributed by atoms with Gasteiger partial charge in [-0.1, -0.05) is 29.8 Å². The lowest BCUT2D eigenvalue weighted by Crippen LogP contribution is -2.21. The van der Waals surface area contributed by atoms with Gasteiger partial charge in [0.05, 0.1) is 19.7 Å². The number of carbonyl (C=O) groups excluding carboxylic acids is 1. The molecule has 0 saturated carbocycles. The number of nitrogens with zero attached hydrogens (tertiary/aromatic N) is 2. The summed E-state index contributed by atoms with van der Waals surface area (Å²) in [4.78, 5) is 17.1. The van der Waals surface area contributed by atoms with Gasteiger partial charge in [0, 0.05) is 46.2 Å². The van der Waals surface area contributed by atoms with Crippen molar-refractivity contribution < 1.29 is 19.4 Å². The third-order valence-corrected chi connectivity index (χ3v) is 5.82.